The quantitative estimate of drug-likeness (QED) is 0.825. The highest BCUT2D eigenvalue weighted by atomic mass is 16.3. The van der Waals surface area contributed by atoms with Crippen molar-refractivity contribution in [3.63, 3.8) is 0 Å². The third-order valence-corrected chi connectivity index (χ3v) is 3.68. The Morgan fingerprint density at radius 1 is 1.29 bits per heavy atom. The van der Waals surface area contributed by atoms with Crippen molar-refractivity contribution >= 4 is 5.91 Å². The van der Waals surface area contributed by atoms with Crippen molar-refractivity contribution < 1.29 is 9.90 Å². The van der Waals surface area contributed by atoms with E-state index in [0.717, 1.165) is 13.0 Å². The zero-order chi connectivity index (χ0) is 11.8. The second-order valence-electron chi connectivity index (χ2n) is 4.65. The average molecular weight is 232 g/mol. The number of nitrogens with zero attached hydrogens (tertiary/aromatic N) is 2. The lowest BCUT2D eigenvalue weighted by molar-refractivity contribution is -0.139. The Kier molecular flexibility index (Phi) is 2.61. The third kappa shape index (κ3) is 1.64. The average Bonchev–Trinajstić information content (AvgIpc) is 2.92. The molecule has 2 aliphatic rings. The monoisotopic (exact) mass is 232 g/mol. The van der Waals surface area contributed by atoms with Crippen LogP contribution in [0.2, 0.25) is 0 Å². The van der Waals surface area contributed by atoms with E-state index in [1.54, 1.807) is 5.01 Å². The minimum absolute atomic E-state index is 0.0461. The van der Waals surface area contributed by atoms with Gasteiger partial charge >= 0.3 is 0 Å². The van der Waals surface area contributed by atoms with E-state index in [0.29, 0.717) is 6.42 Å². The normalized spacial score (nSPS) is 28.8. The Hall–Kier alpha value is -1.39. The standard InChI is InChI=1S/C13H16N2O2/c16-9-11-8-12(10-4-2-1-3-5-10)14-7-6-13(17)15(11)14/h1-5,11-12,16H,6-9H2/t11-,12-/m1/s1. The van der Waals surface area contributed by atoms with Crippen LogP contribution < -0.4 is 0 Å². The molecule has 1 amide bonds. The number of hydrazine groups is 1. The van der Waals surface area contributed by atoms with Crippen molar-refractivity contribution in [1.29, 1.82) is 0 Å². The van der Waals surface area contributed by atoms with Crippen molar-refractivity contribution in [2.24, 2.45) is 0 Å². The molecule has 0 spiro atoms. The van der Waals surface area contributed by atoms with Gasteiger partial charge in [-0.2, -0.15) is 0 Å². The van der Waals surface area contributed by atoms with Crippen molar-refractivity contribution in [2.45, 2.75) is 24.9 Å². The summed E-state index contributed by atoms with van der Waals surface area (Å²) in [6.45, 7) is 0.820. The second kappa shape index (κ2) is 4.13. The van der Waals surface area contributed by atoms with E-state index in [-0.39, 0.29) is 24.6 Å². The maximum absolute atomic E-state index is 11.8. The van der Waals surface area contributed by atoms with E-state index in [1.165, 1.54) is 5.56 Å². The van der Waals surface area contributed by atoms with Crippen LogP contribution in [0.3, 0.4) is 0 Å². The molecule has 4 heteroatoms. The molecular weight excluding hydrogens is 216 g/mol. The summed E-state index contributed by atoms with van der Waals surface area (Å²) in [5.74, 6) is 0.141. The zero-order valence-electron chi connectivity index (χ0n) is 9.62. The minimum atomic E-state index is -0.0461. The van der Waals surface area contributed by atoms with Crippen molar-refractivity contribution in [2.75, 3.05) is 13.2 Å². The lowest BCUT2D eigenvalue weighted by atomic mass is 10.0. The summed E-state index contributed by atoms with van der Waals surface area (Å²) < 4.78 is 0. The van der Waals surface area contributed by atoms with Crippen LogP contribution >= 0.6 is 0 Å². The van der Waals surface area contributed by atoms with Crippen LogP contribution in [0.1, 0.15) is 24.4 Å². The van der Waals surface area contributed by atoms with Crippen LogP contribution in [0.4, 0.5) is 0 Å². The summed E-state index contributed by atoms with van der Waals surface area (Å²) in [5.41, 5.74) is 1.23. The number of aliphatic hydroxyl groups is 1. The fourth-order valence-corrected chi connectivity index (χ4v) is 2.91. The number of amides is 1. The van der Waals surface area contributed by atoms with Gasteiger partial charge in [0.2, 0.25) is 5.91 Å². The molecule has 1 aromatic rings. The van der Waals surface area contributed by atoms with Crippen LogP contribution in [0.25, 0.3) is 0 Å². The Bertz CT molecular complexity index is 421. The van der Waals surface area contributed by atoms with Gasteiger partial charge in [-0.25, -0.2) is 5.01 Å². The molecule has 0 saturated carbocycles. The molecule has 1 N–H and O–H groups in total. The SMILES string of the molecule is O=C1CCN2[C@@H](c3ccccc3)C[C@H](CO)N12. The first-order valence-corrected chi connectivity index (χ1v) is 6.05. The summed E-state index contributed by atoms with van der Waals surface area (Å²) in [6, 6.07) is 10.4. The van der Waals surface area contributed by atoms with Gasteiger partial charge in [-0.3, -0.25) is 9.80 Å². The van der Waals surface area contributed by atoms with Gasteiger partial charge in [0.15, 0.2) is 0 Å². The number of fused-ring (bicyclic) bond motifs is 1. The molecule has 0 aliphatic carbocycles. The summed E-state index contributed by atoms with van der Waals surface area (Å²) in [4.78, 5) is 11.8. The Balaban J connectivity index is 1.91. The Morgan fingerprint density at radius 2 is 2.06 bits per heavy atom. The van der Waals surface area contributed by atoms with Crippen LogP contribution in [0.15, 0.2) is 30.3 Å². The molecule has 2 saturated heterocycles. The van der Waals surface area contributed by atoms with Gasteiger partial charge in [0.1, 0.15) is 0 Å². The minimum Gasteiger partial charge on any atom is -0.394 e. The predicted molar refractivity (Wildman–Crippen MR) is 62.8 cm³/mol. The Labute approximate surface area is 100 Å². The van der Waals surface area contributed by atoms with Crippen LogP contribution in [-0.2, 0) is 4.79 Å². The lowest BCUT2D eigenvalue weighted by Crippen LogP contribution is -2.40. The molecular formula is C13H16N2O2. The summed E-state index contributed by atoms with van der Waals surface area (Å²) in [7, 11) is 0. The molecule has 3 rings (SSSR count). The first kappa shape index (κ1) is 10.7. The molecule has 0 unspecified atom stereocenters. The molecule has 0 aromatic heterocycles. The predicted octanol–water partition coefficient (Wildman–Crippen LogP) is 0.942. The number of hydrogen-bond donors (Lipinski definition) is 1. The summed E-state index contributed by atoms with van der Waals surface area (Å²) in [6.07, 6.45) is 1.39. The van der Waals surface area contributed by atoms with E-state index >= 15 is 0 Å². The van der Waals surface area contributed by atoms with Gasteiger partial charge in [-0.1, -0.05) is 30.3 Å². The number of aliphatic hydroxyl groups excluding tert-OH is 1. The molecule has 90 valence electrons. The summed E-state index contributed by atoms with van der Waals surface area (Å²) >= 11 is 0. The van der Waals surface area contributed by atoms with Crippen molar-refractivity contribution in [1.82, 2.24) is 10.0 Å². The molecule has 0 radical (unpaired) electrons. The van der Waals surface area contributed by atoms with Gasteiger partial charge in [-0.05, 0) is 12.0 Å². The molecule has 1 aromatic carbocycles. The number of carbonyl (C=O) groups is 1. The molecule has 17 heavy (non-hydrogen) atoms. The van der Waals surface area contributed by atoms with Gasteiger partial charge in [0, 0.05) is 13.0 Å². The summed E-state index contributed by atoms with van der Waals surface area (Å²) in [5, 5.41) is 13.2. The fraction of sp³-hybridized carbons (Fsp3) is 0.462. The van der Waals surface area contributed by atoms with E-state index in [4.69, 9.17) is 0 Å². The van der Waals surface area contributed by atoms with E-state index in [2.05, 4.69) is 17.1 Å². The number of rotatable bonds is 2. The van der Waals surface area contributed by atoms with Crippen molar-refractivity contribution in [3.05, 3.63) is 35.9 Å². The van der Waals surface area contributed by atoms with Gasteiger partial charge < -0.3 is 5.11 Å². The molecule has 2 atom stereocenters. The maximum Gasteiger partial charge on any atom is 0.238 e. The highest BCUT2D eigenvalue weighted by Gasteiger charge is 2.45. The van der Waals surface area contributed by atoms with E-state index < -0.39 is 0 Å². The first-order valence-electron chi connectivity index (χ1n) is 6.05. The van der Waals surface area contributed by atoms with E-state index in [1.807, 2.05) is 18.2 Å². The topological polar surface area (TPSA) is 43.8 Å². The van der Waals surface area contributed by atoms with Gasteiger partial charge in [0.25, 0.3) is 0 Å². The number of hydrogen-bond acceptors (Lipinski definition) is 3. The zero-order valence-corrected chi connectivity index (χ0v) is 9.62. The fourth-order valence-electron chi connectivity index (χ4n) is 2.91. The molecule has 4 nitrogen and oxygen atoms in total. The number of benzene rings is 1. The molecule has 2 fully saturated rings. The molecule has 2 aliphatic heterocycles. The number of carbonyl (C=O) groups excluding carboxylic acids is 1. The van der Waals surface area contributed by atoms with Crippen LogP contribution in [0, 0.1) is 0 Å². The van der Waals surface area contributed by atoms with E-state index in [9.17, 15) is 9.90 Å². The lowest BCUT2D eigenvalue weighted by Gasteiger charge is -2.26. The largest absolute Gasteiger partial charge is 0.394 e. The Morgan fingerprint density at radius 3 is 2.76 bits per heavy atom. The highest BCUT2D eigenvalue weighted by Crippen LogP contribution is 2.39. The van der Waals surface area contributed by atoms with Gasteiger partial charge in [0.05, 0.1) is 18.7 Å². The second-order valence-corrected chi connectivity index (χ2v) is 4.65. The third-order valence-electron chi connectivity index (χ3n) is 3.68. The molecule has 0 bridgehead atoms. The first-order chi connectivity index (χ1) is 8.31. The maximum atomic E-state index is 11.8. The smallest absolute Gasteiger partial charge is 0.238 e. The highest BCUT2D eigenvalue weighted by molar-refractivity contribution is 5.78. The van der Waals surface area contributed by atoms with Crippen LogP contribution in [-0.4, -0.2) is 40.2 Å². The molecule has 2 heterocycles. The van der Waals surface area contributed by atoms with Crippen LogP contribution in [0.5, 0.6) is 0 Å². The van der Waals surface area contributed by atoms with Crippen molar-refractivity contribution in [3.8, 4) is 0 Å². The van der Waals surface area contributed by atoms with Gasteiger partial charge in [-0.15, -0.1) is 0 Å².